The Hall–Kier alpha value is -1.16. The second kappa shape index (κ2) is 7.91. The normalized spacial score (nSPS) is 13.0. The van der Waals surface area contributed by atoms with E-state index < -0.39 is 13.4 Å². The van der Waals surface area contributed by atoms with Gasteiger partial charge in [0, 0.05) is 25.8 Å². The van der Waals surface area contributed by atoms with E-state index >= 15 is 0 Å². The van der Waals surface area contributed by atoms with Gasteiger partial charge in [-0.05, 0) is 23.3 Å². The topological polar surface area (TPSA) is 47.6 Å². The summed E-state index contributed by atoms with van der Waals surface area (Å²) < 4.78 is 23.1. The molecule has 2 rings (SSSR count). The Bertz CT molecular complexity index is 626. The predicted molar refractivity (Wildman–Crippen MR) is 89.1 cm³/mol. The van der Waals surface area contributed by atoms with Gasteiger partial charge in [-0.25, -0.2) is 0 Å². The molecular weight excluding hydrogens is 321 g/mol. The summed E-state index contributed by atoms with van der Waals surface area (Å²) in [5.74, 6) is -0.569. The molecule has 0 bridgehead atoms. The average molecular weight is 340 g/mol. The molecule has 0 aliphatic carbocycles. The van der Waals surface area contributed by atoms with Gasteiger partial charge in [-0.1, -0.05) is 54.1 Å². The first-order valence-corrected chi connectivity index (χ1v) is 8.82. The maximum Gasteiger partial charge on any atom is 0.351 e. The summed E-state index contributed by atoms with van der Waals surface area (Å²) >= 11 is 5.92. The zero-order valence-corrected chi connectivity index (χ0v) is 14.2. The fraction of sp³-hybridized carbons (Fsp3) is 0.250. The van der Waals surface area contributed by atoms with E-state index in [-0.39, 0.29) is 0 Å². The molecule has 0 unspecified atom stereocenters. The van der Waals surface area contributed by atoms with E-state index in [1.807, 2.05) is 42.5 Å². The Kier molecular flexibility index (Phi) is 6.18. The van der Waals surface area contributed by atoms with E-state index in [1.54, 1.807) is 12.1 Å². The molecule has 2 aromatic rings. The molecule has 0 aliphatic rings. The molecule has 0 saturated heterocycles. The first kappa shape index (κ1) is 17.2. The molecule has 1 N–H and O–H groups in total. The highest BCUT2D eigenvalue weighted by Crippen LogP contribution is 2.58. The van der Waals surface area contributed by atoms with Gasteiger partial charge in [0.25, 0.3) is 0 Å². The molecule has 118 valence electrons. The van der Waals surface area contributed by atoms with Crippen molar-refractivity contribution in [1.29, 1.82) is 0 Å². The predicted octanol–water partition coefficient (Wildman–Crippen LogP) is 4.61. The Morgan fingerprint density at radius 2 is 1.64 bits per heavy atom. The fourth-order valence-electron chi connectivity index (χ4n) is 2.15. The molecule has 0 heterocycles. The first-order valence-electron chi connectivity index (χ1n) is 6.83. The van der Waals surface area contributed by atoms with Gasteiger partial charge in [0.2, 0.25) is 0 Å². The van der Waals surface area contributed by atoms with E-state index in [2.05, 4.69) is 5.32 Å². The molecule has 0 saturated carbocycles. The van der Waals surface area contributed by atoms with E-state index in [0.29, 0.717) is 11.6 Å². The summed E-state index contributed by atoms with van der Waals surface area (Å²) in [4.78, 5) is 0. The van der Waals surface area contributed by atoms with Crippen molar-refractivity contribution in [1.82, 2.24) is 5.32 Å². The van der Waals surface area contributed by atoms with Crippen LogP contribution in [0.5, 0.6) is 0 Å². The summed E-state index contributed by atoms with van der Waals surface area (Å²) in [7, 11) is -0.547. The van der Waals surface area contributed by atoms with Gasteiger partial charge in [-0.3, -0.25) is 9.88 Å². The van der Waals surface area contributed by atoms with Crippen LogP contribution in [0.2, 0.25) is 5.02 Å². The Morgan fingerprint density at radius 1 is 1.05 bits per heavy atom. The minimum atomic E-state index is -3.32. The van der Waals surface area contributed by atoms with Gasteiger partial charge in [-0.2, -0.15) is 0 Å². The zero-order chi connectivity index (χ0) is 16.0. The molecule has 0 aliphatic heterocycles. The third-order valence-corrected chi connectivity index (χ3v) is 5.74. The molecule has 2 aromatic carbocycles. The van der Waals surface area contributed by atoms with E-state index in [1.165, 1.54) is 14.2 Å². The monoisotopic (exact) mass is 339 g/mol. The maximum atomic E-state index is 12.8. The molecule has 22 heavy (non-hydrogen) atoms. The summed E-state index contributed by atoms with van der Waals surface area (Å²) in [5, 5.41) is 3.88. The Morgan fingerprint density at radius 3 is 2.18 bits per heavy atom. The van der Waals surface area contributed by atoms with Crippen molar-refractivity contribution in [3.63, 3.8) is 0 Å². The van der Waals surface area contributed by atoms with Crippen molar-refractivity contribution >= 4 is 19.2 Å². The van der Waals surface area contributed by atoms with Crippen molar-refractivity contribution in [2.75, 3.05) is 14.2 Å². The van der Waals surface area contributed by atoms with Crippen LogP contribution in [0.4, 0.5) is 0 Å². The SMILES string of the molecule is COP(=O)(OC)[C@@H](NCc1ccccc1)c1ccc(Cl)cc1. The zero-order valence-electron chi connectivity index (χ0n) is 12.5. The van der Waals surface area contributed by atoms with Crippen LogP contribution in [0.3, 0.4) is 0 Å². The lowest BCUT2D eigenvalue weighted by molar-refractivity contribution is 0.259. The maximum absolute atomic E-state index is 12.8. The fourth-order valence-corrected chi connectivity index (χ4v) is 3.70. The van der Waals surface area contributed by atoms with Gasteiger partial charge in [0.05, 0.1) is 0 Å². The summed E-state index contributed by atoms with van der Waals surface area (Å²) in [6, 6.07) is 17.0. The van der Waals surface area contributed by atoms with Crippen LogP contribution in [0.1, 0.15) is 16.9 Å². The molecule has 0 spiro atoms. The van der Waals surface area contributed by atoms with Gasteiger partial charge >= 0.3 is 7.60 Å². The largest absolute Gasteiger partial charge is 0.351 e. The summed E-state index contributed by atoms with van der Waals surface area (Å²) in [5.41, 5.74) is 1.88. The van der Waals surface area contributed by atoms with Gasteiger partial charge in [0.1, 0.15) is 5.78 Å². The van der Waals surface area contributed by atoms with Crippen molar-refractivity contribution < 1.29 is 13.6 Å². The van der Waals surface area contributed by atoms with E-state index in [4.69, 9.17) is 20.6 Å². The van der Waals surface area contributed by atoms with Crippen molar-refractivity contribution in [2.24, 2.45) is 0 Å². The first-order chi connectivity index (χ1) is 10.6. The van der Waals surface area contributed by atoms with Crippen LogP contribution in [0, 0.1) is 0 Å². The second-order valence-corrected chi connectivity index (χ2v) is 7.49. The highest BCUT2D eigenvalue weighted by atomic mass is 35.5. The summed E-state index contributed by atoms with van der Waals surface area (Å²) in [6.45, 7) is 0.546. The van der Waals surface area contributed by atoms with Crippen LogP contribution in [0.25, 0.3) is 0 Å². The molecule has 0 fully saturated rings. The van der Waals surface area contributed by atoms with E-state index in [9.17, 15) is 4.57 Å². The lowest BCUT2D eigenvalue weighted by atomic mass is 10.2. The van der Waals surface area contributed by atoms with Crippen molar-refractivity contribution in [3.8, 4) is 0 Å². The van der Waals surface area contributed by atoms with Crippen LogP contribution in [-0.4, -0.2) is 14.2 Å². The van der Waals surface area contributed by atoms with E-state index in [0.717, 1.165) is 11.1 Å². The Labute approximate surface area is 135 Å². The minimum Gasteiger partial charge on any atom is -0.311 e. The lowest BCUT2D eigenvalue weighted by Crippen LogP contribution is -2.22. The van der Waals surface area contributed by atoms with Crippen molar-refractivity contribution in [2.45, 2.75) is 12.3 Å². The van der Waals surface area contributed by atoms with Crippen LogP contribution < -0.4 is 5.32 Å². The quantitative estimate of drug-likeness (QED) is 0.748. The third-order valence-electron chi connectivity index (χ3n) is 3.35. The highest BCUT2D eigenvalue weighted by molar-refractivity contribution is 7.54. The van der Waals surface area contributed by atoms with Crippen LogP contribution in [0.15, 0.2) is 54.6 Å². The highest BCUT2D eigenvalue weighted by Gasteiger charge is 2.35. The molecule has 0 aromatic heterocycles. The number of rotatable bonds is 7. The van der Waals surface area contributed by atoms with Gasteiger partial charge in [-0.15, -0.1) is 0 Å². The average Bonchev–Trinajstić information content (AvgIpc) is 2.57. The standard InChI is InChI=1S/C16H19ClNO3P/c1-20-22(19,21-2)16(14-8-10-15(17)11-9-14)18-12-13-6-4-3-5-7-13/h3-11,16,18H,12H2,1-2H3/t16-/m1/s1. The lowest BCUT2D eigenvalue weighted by Gasteiger charge is -2.26. The number of benzene rings is 2. The molecule has 1 atom stereocenters. The van der Waals surface area contributed by atoms with Gasteiger partial charge < -0.3 is 9.05 Å². The number of hydrogen-bond donors (Lipinski definition) is 1. The van der Waals surface area contributed by atoms with Crippen LogP contribution >= 0.6 is 19.2 Å². The van der Waals surface area contributed by atoms with Crippen molar-refractivity contribution in [3.05, 3.63) is 70.7 Å². The minimum absolute atomic E-state index is 0.546. The molecule has 0 radical (unpaired) electrons. The molecule has 4 nitrogen and oxygen atoms in total. The third kappa shape index (κ3) is 4.19. The number of nitrogens with one attached hydrogen (secondary N) is 1. The molecule has 6 heteroatoms. The number of halogens is 1. The van der Waals surface area contributed by atoms with Crippen LogP contribution in [-0.2, 0) is 20.2 Å². The van der Waals surface area contributed by atoms with Gasteiger partial charge in [0.15, 0.2) is 0 Å². The smallest absolute Gasteiger partial charge is 0.311 e. The molecule has 0 amide bonds. The second-order valence-electron chi connectivity index (χ2n) is 4.73. The number of hydrogen-bond acceptors (Lipinski definition) is 4. The Balaban J connectivity index is 2.25. The summed E-state index contributed by atoms with van der Waals surface area (Å²) in [6.07, 6.45) is 0. The molecular formula is C16H19ClNO3P.